The molecule has 342 valence electrons. The summed E-state index contributed by atoms with van der Waals surface area (Å²) in [5.41, 5.74) is 15.8. The van der Waals surface area contributed by atoms with Crippen molar-refractivity contribution in [2.45, 2.75) is 42.9 Å². The maximum absolute atomic E-state index is 5.32. The van der Waals surface area contributed by atoms with Crippen LogP contribution in [-0.2, 0) is 31.9 Å². The van der Waals surface area contributed by atoms with Crippen LogP contribution in [0.4, 0.5) is 22.7 Å². The minimum absolute atomic E-state index is 0. The third-order valence-electron chi connectivity index (χ3n) is 17.2. The van der Waals surface area contributed by atoms with Gasteiger partial charge in [0, 0.05) is 60.7 Å². The number of pyridine rings is 1. The molecule has 2 aromatic heterocycles. The summed E-state index contributed by atoms with van der Waals surface area (Å²) in [5.74, 6) is 3.94. The van der Waals surface area contributed by atoms with E-state index in [0.717, 1.165) is 62.6 Å². The van der Waals surface area contributed by atoms with E-state index in [0.29, 0.717) is 11.8 Å². The average molecular weight is 1080 g/mol. The van der Waals surface area contributed by atoms with Gasteiger partial charge in [-0.05, 0) is 137 Å². The van der Waals surface area contributed by atoms with Crippen LogP contribution in [-0.4, -0.2) is 9.55 Å². The number of anilines is 4. The van der Waals surface area contributed by atoms with Gasteiger partial charge in [0.2, 0.25) is 0 Å². The second-order valence-corrected chi connectivity index (χ2v) is 20.4. The molecule has 8 aromatic carbocycles. The Morgan fingerprint density at radius 3 is 1.84 bits per heavy atom. The van der Waals surface area contributed by atoms with E-state index >= 15 is 0 Å². The molecule has 0 N–H and O–H groups in total. The first-order valence-corrected chi connectivity index (χ1v) is 25.0. The smallest absolute Gasteiger partial charge is 0.135 e. The number of hydrogen-bond donors (Lipinski definition) is 0. The van der Waals surface area contributed by atoms with Crippen LogP contribution in [0.3, 0.4) is 0 Å². The van der Waals surface area contributed by atoms with Gasteiger partial charge in [0.05, 0.1) is 0 Å². The number of rotatable bonds is 7. The Morgan fingerprint density at radius 2 is 1.11 bits per heavy atom. The summed E-state index contributed by atoms with van der Waals surface area (Å²) in [6.07, 6.45) is 8.81. The Hall–Kier alpha value is -7.00. The van der Waals surface area contributed by atoms with E-state index in [4.69, 9.17) is 4.98 Å². The third kappa shape index (κ3) is 5.83. The first-order chi connectivity index (χ1) is 34.2. The number of nitrogens with zero attached hydrogens (tertiary/aromatic N) is 4. The van der Waals surface area contributed by atoms with Gasteiger partial charge in [-0.3, -0.25) is 0 Å². The minimum Gasteiger partial charge on any atom is -0.493 e. The van der Waals surface area contributed by atoms with E-state index in [-0.39, 0.29) is 26.5 Å². The van der Waals surface area contributed by atoms with Gasteiger partial charge in [-0.15, -0.1) is 28.9 Å². The zero-order valence-corrected chi connectivity index (χ0v) is 40.9. The fourth-order valence-electron chi connectivity index (χ4n) is 14.8. The topological polar surface area (TPSA) is 24.3 Å². The molecule has 5 heteroatoms. The van der Waals surface area contributed by atoms with E-state index in [9.17, 15) is 0 Å². The molecule has 3 heterocycles. The van der Waals surface area contributed by atoms with Crippen molar-refractivity contribution >= 4 is 44.6 Å². The normalized spacial score (nSPS) is 22.2. The summed E-state index contributed by atoms with van der Waals surface area (Å²) < 4.78 is 2.42. The fourth-order valence-corrected chi connectivity index (χ4v) is 14.8. The number of benzene rings is 8. The molecule has 70 heavy (non-hydrogen) atoms. The van der Waals surface area contributed by atoms with E-state index in [1.54, 1.807) is 0 Å². The van der Waals surface area contributed by atoms with Crippen molar-refractivity contribution in [1.29, 1.82) is 0 Å². The zero-order valence-electron chi connectivity index (χ0n) is 38.7. The largest absolute Gasteiger partial charge is 0.493 e. The summed E-state index contributed by atoms with van der Waals surface area (Å²) in [5, 5.41) is 2.38. The first-order valence-electron chi connectivity index (χ1n) is 25.0. The van der Waals surface area contributed by atoms with E-state index in [1.807, 2.05) is 0 Å². The summed E-state index contributed by atoms with van der Waals surface area (Å²) >= 11 is 0. The summed E-state index contributed by atoms with van der Waals surface area (Å²) in [6.45, 7) is 2.21. The molecule has 4 saturated carbocycles. The maximum Gasteiger partial charge on any atom is 0.135 e. The Balaban J connectivity index is 0.00000459. The maximum atomic E-state index is 5.32. The minimum atomic E-state index is -0.732. The SMILES string of the molecule is [Pt].[c-]1c(N2[CH-]N(c3ccccc3)c3ccccc32)cccc1C1(c2[c-]c3c(cc2)c2ccccc2n3-c2cc(C3(c4ccccc4)C4CC5CC(C4)CC3C5)ccn2)c2ccccc2-c2ccccc21. The van der Waals surface area contributed by atoms with Crippen LogP contribution in [0.1, 0.15) is 65.5 Å². The van der Waals surface area contributed by atoms with Crippen LogP contribution >= 0.6 is 0 Å². The van der Waals surface area contributed by atoms with Crippen LogP contribution in [0.15, 0.2) is 206 Å². The van der Waals surface area contributed by atoms with Gasteiger partial charge in [-0.25, -0.2) is 4.98 Å². The molecule has 5 aliphatic carbocycles. The van der Waals surface area contributed by atoms with Gasteiger partial charge < -0.3 is 14.4 Å². The Bertz CT molecular complexity index is 3580. The molecule has 4 nitrogen and oxygen atoms in total. The van der Waals surface area contributed by atoms with Crippen molar-refractivity contribution in [2.75, 3.05) is 9.80 Å². The molecule has 0 amide bonds. The van der Waals surface area contributed by atoms with Crippen LogP contribution in [0.25, 0.3) is 38.8 Å². The van der Waals surface area contributed by atoms with E-state index < -0.39 is 5.41 Å². The van der Waals surface area contributed by atoms with Crippen LogP contribution in [0.5, 0.6) is 0 Å². The molecule has 6 aliphatic rings. The Labute approximate surface area is 424 Å². The number of para-hydroxylation sites is 4. The van der Waals surface area contributed by atoms with Crippen molar-refractivity contribution in [3.8, 4) is 16.9 Å². The fraction of sp³-hybridized carbons (Fsp3) is 0.169. The Kier molecular flexibility index (Phi) is 9.60. The van der Waals surface area contributed by atoms with Gasteiger partial charge in [0.15, 0.2) is 0 Å². The van der Waals surface area contributed by atoms with Gasteiger partial charge in [0.25, 0.3) is 0 Å². The second-order valence-electron chi connectivity index (χ2n) is 20.4. The number of aromatic nitrogens is 2. The van der Waals surface area contributed by atoms with Crippen molar-refractivity contribution in [1.82, 2.24) is 9.55 Å². The van der Waals surface area contributed by atoms with E-state index in [2.05, 4.69) is 240 Å². The molecule has 0 saturated heterocycles. The standard InChI is InChI=1S/C65H49N4.Pt/c1-3-16-45(17-4-1)64(49-35-43-34-44(37-49)38-50(64)36-43)48-32-33-66-63(41-48)69-59-27-12-9-24-55(59)56-31-30-47(40-62(56)69)65(57-25-10-7-22-53(57)54-23-8-11-26-58(54)65)46-18-15-21-52(39-46)68-42-67(51-19-5-2-6-20-51)60-28-13-14-29-61(60)68;/h1-33,41-44,49-50H,34-38H2;/q-3;. The molecule has 16 rings (SSSR count). The van der Waals surface area contributed by atoms with Crippen LogP contribution in [0, 0.1) is 42.5 Å². The number of hydrogen-bond acceptors (Lipinski definition) is 3. The van der Waals surface area contributed by atoms with Crippen molar-refractivity contribution in [3.63, 3.8) is 0 Å². The van der Waals surface area contributed by atoms with Gasteiger partial charge >= 0.3 is 0 Å². The molecule has 4 bridgehead atoms. The van der Waals surface area contributed by atoms with Crippen molar-refractivity contribution < 1.29 is 21.1 Å². The van der Waals surface area contributed by atoms with Gasteiger partial charge in [-0.1, -0.05) is 133 Å². The molecular weight excluding hydrogens is 1030 g/mol. The summed E-state index contributed by atoms with van der Waals surface area (Å²) in [4.78, 5) is 9.89. The molecule has 10 aromatic rings. The summed E-state index contributed by atoms with van der Waals surface area (Å²) in [6, 6.07) is 82.2. The average Bonchev–Trinajstić information content (AvgIpc) is 4.06. The van der Waals surface area contributed by atoms with Crippen molar-refractivity contribution in [3.05, 3.63) is 259 Å². The Morgan fingerprint density at radius 1 is 0.500 bits per heavy atom. The molecule has 0 atom stereocenters. The molecule has 1 aliphatic heterocycles. The predicted molar refractivity (Wildman–Crippen MR) is 279 cm³/mol. The molecule has 4 fully saturated rings. The van der Waals surface area contributed by atoms with Crippen LogP contribution < -0.4 is 9.80 Å². The third-order valence-corrected chi connectivity index (χ3v) is 17.2. The number of fused-ring (bicyclic) bond motifs is 7. The van der Waals surface area contributed by atoms with E-state index in [1.165, 1.54) is 76.3 Å². The second kappa shape index (κ2) is 16.0. The predicted octanol–water partition coefficient (Wildman–Crippen LogP) is 15.3. The first kappa shape index (κ1) is 41.9. The quantitative estimate of drug-likeness (QED) is 0.149. The molecule has 0 unspecified atom stereocenters. The zero-order chi connectivity index (χ0) is 45.3. The molecule has 0 radical (unpaired) electrons. The van der Waals surface area contributed by atoms with Gasteiger partial charge in [-0.2, -0.15) is 42.5 Å². The van der Waals surface area contributed by atoms with Crippen LogP contribution in [0.2, 0.25) is 0 Å². The summed E-state index contributed by atoms with van der Waals surface area (Å²) in [7, 11) is 0. The van der Waals surface area contributed by atoms with Crippen molar-refractivity contribution in [2.24, 2.45) is 23.7 Å². The van der Waals surface area contributed by atoms with Gasteiger partial charge in [0.1, 0.15) is 5.82 Å². The monoisotopic (exact) mass is 1080 g/mol. The molecule has 0 spiro atoms. The molecular formula is C65H49N4Pt-3.